The van der Waals surface area contributed by atoms with Crippen LogP contribution in [0.2, 0.25) is 0 Å². The Morgan fingerprint density at radius 3 is 2.65 bits per heavy atom. The first kappa shape index (κ1) is 21.0. The van der Waals surface area contributed by atoms with Crippen molar-refractivity contribution >= 4 is 57.1 Å². The van der Waals surface area contributed by atoms with Crippen LogP contribution in [0.4, 0.5) is 22.9 Å². The van der Waals surface area contributed by atoms with E-state index in [4.69, 9.17) is 21.0 Å². The molecule has 2 aliphatic rings. The number of benzene rings is 1. The molecule has 0 amide bonds. The van der Waals surface area contributed by atoms with E-state index in [0.717, 1.165) is 53.5 Å². The third kappa shape index (κ3) is 4.18. The van der Waals surface area contributed by atoms with Crippen molar-refractivity contribution in [3.8, 4) is 0 Å². The maximum absolute atomic E-state index is 8.36. The van der Waals surface area contributed by atoms with E-state index in [2.05, 4.69) is 20.2 Å². The first-order chi connectivity index (χ1) is 15.2. The molecule has 2 aromatic heterocycles. The van der Waals surface area contributed by atoms with Gasteiger partial charge in [0.15, 0.2) is 0 Å². The van der Waals surface area contributed by atoms with Crippen LogP contribution < -0.4 is 16.0 Å². The molecule has 1 aromatic carbocycles. The average molecular weight is 439 g/mol. The fourth-order valence-electron chi connectivity index (χ4n) is 4.38. The molecule has 0 spiro atoms. The van der Waals surface area contributed by atoms with Crippen molar-refractivity contribution in [2.45, 2.75) is 38.5 Å². The first-order valence-electron chi connectivity index (χ1n) is 10.4. The van der Waals surface area contributed by atoms with Gasteiger partial charge in [0.25, 0.3) is 6.47 Å². The molecule has 31 heavy (non-hydrogen) atoms. The average Bonchev–Trinajstić information content (AvgIpc) is 3.43. The predicted molar refractivity (Wildman–Crippen MR) is 126 cm³/mol. The second-order valence-corrected chi connectivity index (χ2v) is 8.76. The maximum Gasteiger partial charge on any atom is 0.290 e. The summed E-state index contributed by atoms with van der Waals surface area (Å²) in [4.78, 5) is 22.4. The topological polar surface area (TPSA) is 128 Å². The number of hydrogen-bond donors (Lipinski definition) is 4. The van der Waals surface area contributed by atoms with Gasteiger partial charge in [-0.25, -0.2) is 9.97 Å². The fraction of sp³-hybridized carbons (Fsp3) is 0.364. The maximum atomic E-state index is 8.36. The Hall–Kier alpha value is -3.20. The molecule has 5 rings (SSSR count). The van der Waals surface area contributed by atoms with Gasteiger partial charge in [-0.2, -0.15) is 0 Å². The number of nitrogen functional groups attached to an aromatic ring is 1. The van der Waals surface area contributed by atoms with Crippen molar-refractivity contribution in [3.05, 3.63) is 34.5 Å². The van der Waals surface area contributed by atoms with E-state index >= 15 is 0 Å². The van der Waals surface area contributed by atoms with E-state index in [0.29, 0.717) is 5.69 Å². The van der Waals surface area contributed by atoms with Crippen LogP contribution in [0.5, 0.6) is 0 Å². The van der Waals surface area contributed by atoms with Gasteiger partial charge in [0.05, 0.1) is 16.8 Å². The Morgan fingerprint density at radius 2 is 1.90 bits per heavy atom. The zero-order valence-electron chi connectivity index (χ0n) is 17.2. The van der Waals surface area contributed by atoms with E-state index in [1.54, 1.807) is 17.7 Å². The summed E-state index contributed by atoms with van der Waals surface area (Å²) in [7, 11) is 0. The highest BCUT2D eigenvalue weighted by atomic mass is 32.1. The minimum Gasteiger partial charge on any atom is -0.483 e. The van der Waals surface area contributed by atoms with E-state index in [1.165, 1.54) is 47.7 Å². The number of thiophene rings is 1. The Labute approximate surface area is 184 Å². The van der Waals surface area contributed by atoms with Crippen LogP contribution in [0.15, 0.2) is 18.5 Å². The Bertz CT molecular complexity index is 1110. The van der Waals surface area contributed by atoms with E-state index in [-0.39, 0.29) is 6.47 Å². The summed E-state index contributed by atoms with van der Waals surface area (Å²) in [5.74, 6) is 0.866. The number of carbonyl (C=O) groups is 1. The van der Waals surface area contributed by atoms with Crippen LogP contribution in [0.25, 0.3) is 10.2 Å². The molecule has 0 saturated carbocycles. The molecule has 3 heterocycles. The Kier molecular flexibility index (Phi) is 6.31. The summed E-state index contributed by atoms with van der Waals surface area (Å²) in [6.07, 6.45) is 10.1. The van der Waals surface area contributed by atoms with Crippen molar-refractivity contribution in [2.75, 3.05) is 29.0 Å². The number of nitrogens with one attached hydrogen (secondary N) is 2. The van der Waals surface area contributed by atoms with E-state index < -0.39 is 0 Å². The standard InChI is InChI=1S/C21H24N6S.CH2O2/c22-11-13-9-16(17(10-15(13)23)27-7-3-4-8-27)26-20-19-14-5-1-2-6-18(14)28-21(19)25-12-24-20;2-1-3/h9-12,22H,1-8,23H2,(H,24,25,26);1H,(H,2,3). The highest BCUT2D eigenvalue weighted by Gasteiger charge is 2.22. The molecule has 0 bridgehead atoms. The lowest BCUT2D eigenvalue weighted by Gasteiger charge is -2.23. The molecular formula is C22H26N6O2S. The molecule has 0 unspecified atom stereocenters. The minimum absolute atomic E-state index is 0.250. The summed E-state index contributed by atoms with van der Waals surface area (Å²) in [6.45, 7) is 1.82. The van der Waals surface area contributed by atoms with Gasteiger partial charge in [-0.05, 0) is 56.2 Å². The summed E-state index contributed by atoms with van der Waals surface area (Å²) < 4.78 is 0. The highest BCUT2D eigenvalue weighted by molar-refractivity contribution is 7.19. The zero-order chi connectivity index (χ0) is 21.8. The molecule has 5 N–H and O–H groups in total. The van der Waals surface area contributed by atoms with Gasteiger partial charge in [-0.15, -0.1) is 11.3 Å². The molecule has 1 saturated heterocycles. The molecule has 9 heteroatoms. The lowest BCUT2D eigenvalue weighted by Crippen LogP contribution is -2.19. The highest BCUT2D eigenvalue weighted by Crippen LogP contribution is 2.41. The van der Waals surface area contributed by atoms with Crippen LogP contribution in [0, 0.1) is 5.41 Å². The van der Waals surface area contributed by atoms with Gasteiger partial charge in [0, 0.05) is 35.4 Å². The van der Waals surface area contributed by atoms with Crippen LogP contribution in [-0.2, 0) is 17.6 Å². The summed E-state index contributed by atoms with van der Waals surface area (Å²) in [5.41, 5.74) is 11.0. The monoisotopic (exact) mass is 438 g/mol. The number of fused-ring (bicyclic) bond motifs is 3. The third-order valence-corrected chi connectivity index (χ3v) is 7.01. The smallest absolute Gasteiger partial charge is 0.290 e. The van der Waals surface area contributed by atoms with Gasteiger partial charge in [0.2, 0.25) is 0 Å². The van der Waals surface area contributed by atoms with E-state index in [1.807, 2.05) is 12.1 Å². The van der Waals surface area contributed by atoms with Crippen LogP contribution in [0.1, 0.15) is 41.7 Å². The normalized spacial score (nSPS) is 15.2. The van der Waals surface area contributed by atoms with Crippen molar-refractivity contribution < 1.29 is 9.90 Å². The quantitative estimate of drug-likeness (QED) is 0.273. The lowest BCUT2D eigenvalue weighted by molar-refractivity contribution is -0.122. The molecule has 0 atom stereocenters. The molecule has 0 radical (unpaired) electrons. The minimum atomic E-state index is -0.250. The van der Waals surface area contributed by atoms with Crippen molar-refractivity contribution in [3.63, 3.8) is 0 Å². The fourth-order valence-corrected chi connectivity index (χ4v) is 5.61. The summed E-state index contributed by atoms with van der Waals surface area (Å²) in [6, 6.07) is 3.97. The molecule has 1 aliphatic heterocycles. The number of anilines is 4. The summed E-state index contributed by atoms with van der Waals surface area (Å²) >= 11 is 1.81. The molecule has 3 aromatic rings. The van der Waals surface area contributed by atoms with Gasteiger partial charge < -0.3 is 26.5 Å². The van der Waals surface area contributed by atoms with Crippen LogP contribution >= 0.6 is 11.3 Å². The number of rotatable bonds is 4. The molecule has 162 valence electrons. The zero-order valence-corrected chi connectivity index (χ0v) is 18.0. The number of nitrogens with zero attached hydrogens (tertiary/aromatic N) is 3. The first-order valence-corrected chi connectivity index (χ1v) is 11.3. The number of hydrogen-bond acceptors (Lipinski definition) is 8. The van der Waals surface area contributed by atoms with Crippen LogP contribution in [-0.4, -0.2) is 40.9 Å². The molecule has 1 aliphatic carbocycles. The van der Waals surface area contributed by atoms with Crippen LogP contribution in [0.3, 0.4) is 0 Å². The Morgan fingerprint density at radius 1 is 1.16 bits per heavy atom. The lowest BCUT2D eigenvalue weighted by atomic mass is 9.97. The number of carboxylic acid groups (broad SMARTS) is 1. The third-order valence-electron chi connectivity index (χ3n) is 5.81. The van der Waals surface area contributed by atoms with Crippen molar-refractivity contribution in [2.24, 2.45) is 0 Å². The molecular weight excluding hydrogens is 412 g/mol. The van der Waals surface area contributed by atoms with Gasteiger partial charge in [-0.1, -0.05) is 0 Å². The SMILES string of the molecule is N=Cc1cc(Nc2ncnc3sc4c(c23)CCCC4)c(N2CCCC2)cc1N.O=CO. The van der Waals surface area contributed by atoms with Crippen molar-refractivity contribution in [1.29, 1.82) is 5.41 Å². The number of aryl methyl sites for hydroxylation is 2. The second kappa shape index (κ2) is 9.30. The number of aromatic nitrogens is 2. The largest absolute Gasteiger partial charge is 0.483 e. The van der Waals surface area contributed by atoms with E-state index in [9.17, 15) is 0 Å². The van der Waals surface area contributed by atoms with Gasteiger partial charge in [-0.3, -0.25) is 4.79 Å². The van der Waals surface area contributed by atoms with Crippen molar-refractivity contribution in [1.82, 2.24) is 9.97 Å². The summed E-state index contributed by atoms with van der Waals surface area (Å²) in [5, 5.41) is 19.3. The molecule has 8 nitrogen and oxygen atoms in total. The molecule has 1 fully saturated rings. The van der Waals surface area contributed by atoms with Gasteiger partial charge in [0.1, 0.15) is 17.0 Å². The van der Waals surface area contributed by atoms with Gasteiger partial charge >= 0.3 is 0 Å². The number of nitrogens with two attached hydrogens (primary N) is 1. The Balaban J connectivity index is 0.000000730. The predicted octanol–water partition coefficient (Wildman–Crippen LogP) is 4.19. The second-order valence-electron chi connectivity index (χ2n) is 7.68.